The molecule has 2 aromatic rings. The van der Waals surface area contributed by atoms with Gasteiger partial charge in [0, 0.05) is 26.2 Å². The third-order valence-corrected chi connectivity index (χ3v) is 5.96. The van der Waals surface area contributed by atoms with Crippen molar-refractivity contribution in [3.63, 3.8) is 0 Å². The van der Waals surface area contributed by atoms with Crippen LogP contribution in [0.15, 0.2) is 72.0 Å². The molecule has 1 atom stereocenters. The predicted molar refractivity (Wildman–Crippen MR) is 123 cm³/mol. The predicted octanol–water partition coefficient (Wildman–Crippen LogP) is 3.53. The molecule has 2 heterocycles. The summed E-state index contributed by atoms with van der Waals surface area (Å²) in [7, 11) is 0. The van der Waals surface area contributed by atoms with E-state index in [2.05, 4.69) is 4.90 Å². The van der Waals surface area contributed by atoms with E-state index in [1.54, 1.807) is 18.2 Å². The van der Waals surface area contributed by atoms with Gasteiger partial charge in [0.2, 0.25) is 0 Å². The Kier molecular flexibility index (Phi) is 7.32. The van der Waals surface area contributed by atoms with Crippen molar-refractivity contribution in [3.8, 4) is 0 Å². The van der Waals surface area contributed by atoms with E-state index in [1.807, 2.05) is 30.3 Å². The first-order valence-electron chi connectivity index (χ1n) is 11.1. The molecule has 0 saturated carbocycles. The molecule has 0 bridgehead atoms. The molecule has 1 amide bonds. The average Bonchev–Trinajstić information content (AvgIpc) is 3.09. The maximum absolute atomic E-state index is 13.6. The molecule has 1 saturated heterocycles. The summed E-state index contributed by atoms with van der Waals surface area (Å²) >= 11 is 0. The van der Waals surface area contributed by atoms with Gasteiger partial charge in [-0.25, -0.2) is 4.39 Å². The van der Waals surface area contributed by atoms with Crippen LogP contribution in [0.1, 0.15) is 23.6 Å². The summed E-state index contributed by atoms with van der Waals surface area (Å²) in [6.45, 7) is 4.20. The Labute approximate surface area is 192 Å². The van der Waals surface area contributed by atoms with E-state index in [-0.39, 0.29) is 5.57 Å². The molecule has 0 unspecified atom stereocenters. The summed E-state index contributed by atoms with van der Waals surface area (Å²) in [6, 6.07) is 14.2. The Morgan fingerprint density at radius 2 is 1.76 bits per heavy atom. The zero-order valence-electron chi connectivity index (χ0n) is 18.3. The molecular weight excluding hydrogens is 423 g/mol. The quantitative estimate of drug-likeness (QED) is 0.623. The maximum atomic E-state index is 13.6. The number of aliphatic hydroxyl groups excluding tert-OH is 1. The molecule has 0 spiro atoms. The number of nitrogens with zero attached hydrogens (tertiary/aromatic N) is 2. The van der Waals surface area contributed by atoms with Crippen molar-refractivity contribution in [1.29, 1.82) is 0 Å². The van der Waals surface area contributed by atoms with Gasteiger partial charge in [-0.15, -0.1) is 0 Å². The van der Waals surface area contributed by atoms with Crippen molar-refractivity contribution in [2.75, 3.05) is 39.4 Å². The molecule has 6 nitrogen and oxygen atoms in total. The molecule has 172 valence electrons. The highest BCUT2D eigenvalue weighted by Gasteiger charge is 2.42. The third kappa shape index (κ3) is 5.38. The molecule has 0 aliphatic carbocycles. The summed E-state index contributed by atoms with van der Waals surface area (Å²) in [6.07, 6.45) is 3.69. The number of hydrogen-bond donors (Lipinski definition) is 1. The Bertz CT molecular complexity index is 1040. The van der Waals surface area contributed by atoms with Crippen LogP contribution in [0.4, 0.5) is 4.39 Å². The minimum Gasteiger partial charge on any atom is -0.503 e. The van der Waals surface area contributed by atoms with Gasteiger partial charge in [0.1, 0.15) is 5.82 Å². The van der Waals surface area contributed by atoms with Crippen molar-refractivity contribution in [1.82, 2.24) is 9.80 Å². The van der Waals surface area contributed by atoms with Gasteiger partial charge in [-0.1, -0.05) is 48.5 Å². The minimum atomic E-state index is -0.768. The van der Waals surface area contributed by atoms with Crippen LogP contribution >= 0.6 is 0 Å². The monoisotopic (exact) mass is 450 g/mol. The second kappa shape index (κ2) is 10.6. The van der Waals surface area contributed by atoms with Gasteiger partial charge in [-0.05, 0) is 35.8 Å². The van der Waals surface area contributed by atoms with Crippen molar-refractivity contribution in [3.05, 3.63) is 88.9 Å². The summed E-state index contributed by atoms with van der Waals surface area (Å²) in [5.41, 5.74) is 1.43. The van der Waals surface area contributed by atoms with E-state index < -0.39 is 29.3 Å². The fraction of sp³-hybridized carbons (Fsp3) is 0.308. The van der Waals surface area contributed by atoms with Gasteiger partial charge >= 0.3 is 0 Å². The van der Waals surface area contributed by atoms with Gasteiger partial charge in [-0.2, -0.15) is 0 Å². The number of morpholine rings is 1. The van der Waals surface area contributed by atoms with Gasteiger partial charge < -0.3 is 14.7 Å². The number of rotatable bonds is 8. The lowest BCUT2D eigenvalue weighted by atomic mass is 9.95. The molecule has 0 aromatic heterocycles. The van der Waals surface area contributed by atoms with Crippen LogP contribution in [-0.4, -0.2) is 66.0 Å². The molecule has 1 fully saturated rings. The van der Waals surface area contributed by atoms with E-state index in [0.717, 1.165) is 25.2 Å². The van der Waals surface area contributed by atoms with Gasteiger partial charge in [0.15, 0.2) is 11.5 Å². The number of halogens is 1. The van der Waals surface area contributed by atoms with Crippen LogP contribution in [0.5, 0.6) is 0 Å². The second-order valence-electron chi connectivity index (χ2n) is 8.13. The van der Waals surface area contributed by atoms with Crippen molar-refractivity contribution in [2.45, 2.75) is 12.5 Å². The third-order valence-electron chi connectivity index (χ3n) is 5.96. The summed E-state index contributed by atoms with van der Waals surface area (Å²) < 4.78 is 18.9. The first-order chi connectivity index (χ1) is 16.0. The lowest BCUT2D eigenvalue weighted by Crippen LogP contribution is -2.39. The lowest BCUT2D eigenvalue weighted by molar-refractivity contribution is -0.129. The molecule has 7 heteroatoms. The first-order valence-corrected chi connectivity index (χ1v) is 11.1. The number of aliphatic hydroxyl groups is 1. The number of hydrogen-bond acceptors (Lipinski definition) is 5. The number of benzene rings is 2. The SMILES string of the molecule is O=C(/C=C/c1ccccc1)C1=C(O)C(=O)N(CCCN2CCOCC2)[C@@H]1c1ccc(F)cc1. The second-order valence-corrected chi connectivity index (χ2v) is 8.13. The van der Waals surface area contributed by atoms with E-state index in [0.29, 0.717) is 31.7 Å². The normalized spacial score (nSPS) is 19.6. The number of ketones is 1. The number of allylic oxidation sites excluding steroid dienone is 1. The van der Waals surface area contributed by atoms with Crippen LogP contribution < -0.4 is 0 Å². The zero-order valence-corrected chi connectivity index (χ0v) is 18.3. The molecule has 2 aromatic carbocycles. The first kappa shape index (κ1) is 22.9. The summed E-state index contributed by atoms with van der Waals surface area (Å²) in [4.78, 5) is 29.8. The fourth-order valence-electron chi connectivity index (χ4n) is 4.24. The average molecular weight is 451 g/mol. The van der Waals surface area contributed by atoms with Gasteiger partial charge in [-0.3, -0.25) is 14.5 Å². The van der Waals surface area contributed by atoms with E-state index in [1.165, 1.54) is 23.1 Å². The standard InChI is InChI=1S/C26H27FN2O4/c27-21-10-8-20(9-11-21)24-23(22(30)12-7-19-5-2-1-3-6-19)25(31)26(32)29(24)14-4-13-28-15-17-33-18-16-28/h1-3,5-12,24,31H,4,13-18H2/b12-7+/t24-/m1/s1. The van der Waals surface area contributed by atoms with Crippen LogP contribution in [-0.2, 0) is 14.3 Å². The van der Waals surface area contributed by atoms with Crippen LogP contribution in [0.3, 0.4) is 0 Å². The maximum Gasteiger partial charge on any atom is 0.290 e. The highest BCUT2D eigenvalue weighted by molar-refractivity contribution is 6.14. The van der Waals surface area contributed by atoms with Crippen LogP contribution in [0.25, 0.3) is 6.08 Å². The molecule has 0 radical (unpaired) electrons. The summed E-state index contributed by atoms with van der Waals surface area (Å²) in [5, 5.41) is 10.7. The van der Waals surface area contributed by atoms with E-state index in [9.17, 15) is 19.1 Å². The Hall–Kier alpha value is -3.29. The topological polar surface area (TPSA) is 70.1 Å². The molecule has 4 rings (SSSR count). The smallest absolute Gasteiger partial charge is 0.290 e. The Morgan fingerprint density at radius 3 is 2.45 bits per heavy atom. The molecule has 2 aliphatic heterocycles. The fourth-order valence-corrected chi connectivity index (χ4v) is 4.24. The molecular formula is C26H27FN2O4. The summed E-state index contributed by atoms with van der Waals surface area (Å²) in [5.74, 6) is -1.98. The van der Waals surface area contributed by atoms with Crippen molar-refractivity contribution in [2.24, 2.45) is 0 Å². The molecule has 33 heavy (non-hydrogen) atoms. The van der Waals surface area contributed by atoms with E-state index >= 15 is 0 Å². The Morgan fingerprint density at radius 1 is 1.06 bits per heavy atom. The van der Waals surface area contributed by atoms with Crippen molar-refractivity contribution < 1.29 is 23.8 Å². The number of ether oxygens (including phenoxy) is 1. The van der Waals surface area contributed by atoms with E-state index in [4.69, 9.17) is 4.74 Å². The molecule has 2 aliphatic rings. The number of carbonyl (C=O) groups excluding carboxylic acids is 2. The van der Waals surface area contributed by atoms with Crippen LogP contribution in [0.2, 0.25) is 0 Å². The highest BCUT2D eigenvalue weighted by atomic mass is 19.1. The van der Waals surface area contributed by atoms with Gasteiger partial charge in [0.25, 0.3) is 5.91 Å². The Balaban J connectivity index is 1.56. The van der Waals surface area contributed by atoms with Gasteiger partial charge in [0.05, 0.1) is 24.8 Å². The lowest BCUT2D eigenvalue weighted by Gasteiger charge is -2.29. The largest absolute Gasteiger partial charge is 0.503 e. The zero-order chi connectivity index (χ0) is 23.2. The van der Waals surface area contributed by atoms with Crippen molar-refractivity contribution >= 4 is 17.8 Å². The molecule has 1 N–H and O–H groups in total. The number of carbonyl (C=O) groups is 2. The number of amides is 1. The van der Waals surface area contributed by atoms with Crippen LogP contribution in [0, 0.1) is 5.82 Å². The minimum absolute atomic E-state index is 0.0187. The highest BCUT2D eigenvalue weighted by Crippen LogP contribution is 2.38.